The summed E-state index contributed by atoms with van der Waals surface area (Å²) in [7, 11) is 0. The van der Waals surface area contributed by atoms with Crippen LogP contribution in [-0.2, 0) is 11.3 Å². The average Bonchev–Trinajstić information content (AvgIpc) is 2.46. The summed E-state index contributed by atoms with van der Waals surface area (Å²) in [6.45, 7) is 9.61. The Morgan fingerprint density at radius 1 is 1.26 bits per heavy atom. The van der Waals surface area contributed by atoms with E-state index in [9.17, 15) is 4.39 Å². The van der Waals surface area contributed by atoms with Gasteiger partial charge in [0.2, 0.25) is 0 Å². The molecule has 0 N–H and O–H groups in total. The van der Waals surface area contributed by atoms with Crippen LogP contribution in [0.4, 0.5) is 4.39 Å². The second-order valence-electron chi connectivity index (χ2n) is 4.07. The van der Waals surface area contributed by atoms with Crippen molar-refractivity contribution in [2.75, 3.05) is 26.3 Å². The van der Waals surface area contributed by atoms with Crippen LogP contribution in [0, 0.1) is 17.7 Å². The highest BCUT2D eigenvalue weighted by Gasteiger charge is 2.12. The van der Waals surface area contributed by atoms with Crippen molar-refractivity contribution < 1.29 is 9.13 Å². The third-order valence-corrected chi connectivity index (χ3v) is 2.82. The molecule has 1 fully saturated rings. The molecule has 1 aromatic rings. The predicted octanol–water partition coefficient (Wildman–Crippen LogP) is 3.06. The molecular weight excluding hydrogens is 241 g/mol. The zero-order valence-corrected chi connectivity index (χ0v) is 12.0. The van der Waals surface area contributed by atoms with Crippen LogP contribution < -0.4 is 0 Å². The highest BCUT2D eigenvalue weighted by molar-refractivity contribution is 5.36. The van der Waals surface area contributed by atoms with E-state index < -0.39 is 0 Å². The Balaban J connectivity index is 0.000000861. The van der Waals surface area contributed by atoms with E-state index in [2.05, 4.69) is 16.7 Å². The van der Waals surface area contributed by atoms with E-state index in [1.807, 2.05) is 26.0 Å². The van der Waals surface area contributed by atoms with Gasteiger partial charge in [-0.05, 0) is 19.1 Å². The van der Waals surface area contributed by atoms with E-state index in [1.165, 1.54) is 6.07 Å². The molecule has 0 saturated carbocycles. The van der Waals surface area contributed by atoms with Crippen LogP contribution >= 0.6 is 0 Å². The largest absolute Gasteiger partial charge is 0.379 e. The minimum Gasteiger partial charge on any atom is -0.379 e. The van der Waals surface area contributed by atoms with Crippen LogP contribution in [0.2, 0.25) is 0 Å². The van der Waals surface area contributed by atoms with Crippen molar-refractivity contribution in [3.8, 4) is 11.8 Å². The van der Waals surface area contributed by atoms with E-state index in [1.54, 1.807) is 6.92 Å². The van der Waals surface area contributed by atoms with E-state index in [0.29, 0.717) is 6.54 Å². The van der Waals surface area contributed by atoms with Crippen molar-refractivity contribution in [2.45, 2.75) is 27.3 Å². The maximum atomic E-state index is 13.8. The molecule has 0 amide bonds. The van der Waals surface area contributed by atoms with Gasteiger partial charge in [0.15, 0.2) is 0 Å². The van der Waals surface area contributed by atoms with Crippen LogP contribution in [0.1, 0.15) is 31.9 Å². The number of nitrogens with zero attached hydrogens (tertiary/aromatic N) is 1. The Bertz CT molecular complexity index is 442. The highest BCUT2D eigenvalue weighted by atomic mass is 19.1. The number of morpholine rings is 1. The Morgan fingerprint density at radius 3 is 2.53 bits per heavy atom. The first-order chi connectivity index (χ1) is 9.29. The second kappa shape index (κ2) is 8.68. The van der Waals surface area contributed by atoms with E-state index in [-0.39, 0.29) is 5.82 Å². The van der Waals surface area contributed by atoms with E-state index in [0.717, 1.165) is 37.4 Å². The van der Waals surface area contributed by atoms with Crippen molar-refractivity contribution in [2.24, 2.45) is 0 Å². The molecule has 0 spiro atoms. The number of hydrogen-bond acceptors (Lipinski definition) is 2. The van der Waals surface area contributed by atoms with Gasteiger partial charge in [-0.2, -0.15) is 0 Å². The molecule has 104 valence electrons. The first-order valence-corrected chi connectivity index (χ1v) is 6.81. The Labute approximate surface area is 115 Å². The zero-order valence-electron chi connectivity index (χ0n) is 12.0. The lowest BCUT2D eigenvalue weighted by Crippen LogP contribution is -2.35. The molecule has 1 aliphatic rings. The summed E-state index contributed by atoms with van der Waals surface area (Å²) in [6.07, 6.45) is 0. The zero-order chi connectivity index (χ0) is 14.1. The molecule has 1 aromatic carbocycles. The van der Waals surface area contributed by atoms with E-state index >= 15 is 0 Å². The third-order valence-electron chi connectivity index (χ3n) is 2.82. The molecule has 0 unspecified atom stereocenters. The van der Waals surface area contributed by atoms with Crippen LogP contribution in [0.5, 0.6) is 0 Å². The number of ether oxygens (including phenoxy) is 1. The Hall–Kier alpha value is -1.37. The lowest BCUT2D eigenvalue weighted by Gasteiger charge is -2.26. The molecular formula is C16H22FNO. The van der Waals surface area contributed by atoms with Crippen molar-refractivity contribution in [3.63, 3.8) is 0 Å². The molecule has 0 bridgehead atoms. The molecule has 0 aliphatic carbocycles. The number of halogens is 1. The Kier molecular flexibility index (Phi) is 7.17. The first kappa shape index (κ1) is 15.7. The van der Waals surface area contributed by atoms with Crippen LogP contribution in [-0.4, -0.2) is 31.2 Å². The maximum absolute atomic E-state index is 13.8. The minimum atomic E-state index is -0.170. The molecule has 0 radical (unpaired) electrons. The standard InChI is InChI=1S/C14H16FNO.C2H6/c1-2-3-12-4-5-13(14(15)10-12)11-16-6-8-17-9-7-16;1-2/h4-5,10H,6-9,11H2,1H3;1-2H3. The molecule has 1 heterocycles. The summed E-state index contributed by atoms with van der Waals surface area (Å²) in [4.78, 5) is 2.20. The molecule has 1 aliphatic heterocycles. The minimum absolute atomic E-state index is 0.170. The predicted molar refractivity (Wildman–Crippen MR) is 76.4 cm³/mol. The summed E-state index contributed by atoms with van der Waals surface area (Å²) in [6, 6.07) is 5.20. The van der Waals surface area contributed by atoms with Crippen LogP contribution in [0.25, 0.3) is 0 Å². The molecule has 0 aromatic heterocycles. The SMILES string of the molecule is CC.CC#Cc1ccc(CN2CCOCC2)c(F)c1. The van der Waals surface area contributed by atoms with Gasteiger partial charge < -0.3 is 4.74 Å². The fourth-order valence-corrected chi connectivity index (χ4v) is 1.90. The normalized spacial score (nSPS) is 14.9. The maximum Gasteiger partial charge on any atom is 0.128 e. The second-order valence-corrected chi connectivity index (χ2v) is 4.07. The van der Waals surface area contributed by atoms with Crippen LogP contribution in [0.3, 0.4) is 0 Å². The molecule has 0 atom stereocenters. The summed E-state index contributed by atoms with van der Waals surface area (Å²) in [5.41, 5.74) is 1.46. The third kappa shape index (κ3) is 5.02. The monoisotopic (exact) mass is 263 g/mol. The quantitative estimate of drug-likeness (QED) is 0.760. The van der Waals surface area contributed by atoms with Gasteiger partial charge in [-0.15, -0.1) is 5.92 Å². The Morgan fingerprint density at radius 2 is 1.95 bits per heavy atom. The topological polar surface area (TPSA) is 12.5 Å². The van der Waals surface area contributed by atoms with Crippen molar-refractivity contribution in [1.82, 2.24) is 4.90 Å². The van der Waals surface area contributed by atoms with Gasteiger partial charge in [0.1, 0.15) is 5.82 Å². The molecule has 2 nitrogen and oxygen atoms in total. The lowest BCUT2D eigenvalue weighted by atomic mass is 10.1. The van der Waals surface area contributed by atoms with Gasteiger partial charge in [-0.3, -0.25) is 4.90 Å². The summed E-state index contributed by atoms with van der Waals surface area (Å²) < 4.78 is 19.1. The van der Waals surface area contributed by atoms with Crippen molar-refractivity contribution in [1.29, 1.82) is 0 Å². The van der Waals surface area contributed by atoms with Crippen molar-refractivity contribution in [3.05, 3.63) is 35.1 Å². The van der Waals surface area contributed by atoms with Gasteiger partial charge >= 0.3 is 0 Å². The average molecular weight is 263 g/mol. The smallest absolute Gasteiger partial charge is 0.128 e. The molecule has 19 heavy (non-hydrogen) atoms. The highest BCUT2D eigenvalue weighted by Crippen LogP contribution is 2.13. The van der Waals surface area contributed by atoms with Gasteiger partial charge in [0.25, 0.3) is 0 Å². The molecule has 3 heteroatoms. The van der Waals surface area contributed by atoms with Gasteiger partial charge in [0, 0.05) is 30.8 Å². The summed E-state index contributed by atoms with van der Waals surface area (Å²) >= 11 is 0. The summed E-state index contributed by atoms with van der Waals surface area (Å²) in [5, 5.41) is 0. The van der Waals surface area contributed by atoms with Crippen LogP contribution in [0.15, 0.2) is 18.2 Å². The fourth-order valence-electron chi connectivity index (χ4n) is 1.90. The number of hydrogen-bond donors (Lipinski definition) is 0. The number of benzene rings is 1. The van der Waals surface area contributed by atoms with Crippen molar-refractivity contribution >= 4 is 0 Å². The van der Waals surface area contributed by atoms with Gasteiger partial charge in [-0.25, -0.2) is 4.39 Å². The summed E-state index contributed by atoms with van der Waals surface area (Å²) in [5.74, 6) is 5.45. The fraction of sp³-hybridized carbons (Fsp3) is 0.500. The van der Waals surface area contributed by atoms with E-state index in [4.69, 9.17) is 4.74 Å². The number of rotatable bonds is 2. The first-order valence-electron chi connectivity index (χ1n) is 6.81. The molecule has 2 rings (SSSR count). The van der Waals surface area contributed by atoms with Gasteiger partial charge in [0.05, 0.1) is 13.2 Å². The van der Waals surface area contributed by atoms with Gasteiger partial charge in [-0.1, -0.05) is 25.8 Å². The molecule has 1 saturated heterocycles. The lowest BCUT2D eigenvalue weighted by molar-refractivity contribution is 0.0337.